The highest BCUT2D eigenvalue weighted by molar-refractivity contribution is 5.52. The Morgan fingerprint density at radius 1 is 1.23 bits per heavy atom. The molecule has 1 aliphatic rings. The first-order valence-electron chi connectivity index (χ1n) is 10.3. The van der Waals surface area contributed by atoms with Crippen molar-refractivity contribution in [1.29, 1.82) is 0 Å². The number of phenolic OH excluding ortho intramolecular Hbond substituents is 1. The van der Waals surface area contributed by atoms with E-state index in [-0.39, 0.29) is 5.92 Å². The number of allylic oxidation sites excluding steroid dienone is 3. The van der Waals surface area contributed by atoms with Crippen molar-refractivity contribution in [2.24, 2.45) is 5.92 Å². The molecule has 0 heterocycles. The molecular weight excluding hydrogens is 320 g/mol. The Bertz CT molecular complexity index is 642. The van der Waals surface area contributed by atoms with Crippen LogP contribution in [0.4, 0.5) is 0 Å². The third-order valence-corrected chi connectivity index (χ3v) is 5.42. The van der Waals surface area contributed by atoms with Gasteiger partial charge >= 0.3 is 0 Å². The maximum absolute atomic E-state index is 10.9. The Kier molecular flexibility index (Phi) is 7.81. The second kappa shape index (κ2) is 9.85. The normalized spacial score (nSPS) is 19.9. The Balaban J connectivity index is 2.43. The Labute approximate surface area is 160 Å². The molecule has 1 N–H and O–H groups in total. The summed E-state index contributed by atoms with van der Waals surface area (Å²) in [4.78, 5) is 0. The molecule has 26 heavy (non-hydrogen) atoms. The Morgan fingerprint density at radius 3 is 2.65 bits per heavy atom. The van der Waals surface area contributed by atoms with E-state index in [1.54, 1.807) is 0 Å². The standard InChI is InChI=1S/C24H36O2/c1-6-8-9-10-19-15-22(25)24(23(16-19)26-13-7-2)21-14-18(5)11-12-20(21)17(3)4/h14-16,20-21,25H,3,6-13H2,1-2,4-5H3/t20-,21+/m0/s1. The summed E-state index contributed by atoms with van der Waals surface area (Å²) in [7, 11) is 0. The highest BCUT2D eigenvalue weighted by Gasteiger charge is 2.30. The Hall–Kier alpha value is -1.70. The number of aromatic hydroxyl groups is 1. The monoisotopic (exact) mass is 356 g/mol. The average molecular weight is 357 g/mol. The van der Waals surface area contributed by atoms with Gasteiger partial charge in [-0.2, -0.15) is 0 Å². The van der Waals surface area contributed by atoms with Gasteiger partial charge in [-0.15, -0.1) is 0 Å². The van der Waals surface area contributed by atoms with Crippen LogP contribution in [0.2, 0.25) is 0 Å². The molecule has 2 atom stereocenters. The molecular formula is C24H36O2. The minimum atomic E-state index is 0.151. The summed E-state index contributed by atoms with van der Waals surface area (Å²) in [5, 5.41) is 10.9. The van der Waals surface area contributed by atoms with Gasteiger partial charge in [-0.25, -0.2) is 0 Å². The van der Waals surface area contributed by atoms with Gasteiger partial charge in [0.05, 0.1) is 6.61 Å². The van der Waals surface area contributed by atoms with Crippen LogP contribution in [0.5, 0.6) is 11.5 Å². The Morgan fingerprint density at radius 2 is 2.00 bits per heavy atom. The van der Waals surface area contributed by atoms with E-state index in [0.717, 1.165) is 43.4 Å². The van der Waals surface area contributed by atoms with Crippen molar-refractivity contribution >= 4 is 0 Å². The lowest BCUT2D eigenvalue weighted by molar-refractivity contribution is 0.306. The summed E-state index contributed by atoms with van der Waals surface area (Å²) in [6, 6.07) is 4.12. The number of rotatable bonds is 9. The number of benzene rings is 1. The van der Waals surface area contributed by atoms with Gasteiger partial charge in [0.1, 0.15) is 11.5 Å². The lowest BCUT2D eigenvalue weighted by Crippen LogP contribution is -2.18. The molecule has 144 valence electrons. The van der Waals surface area contributed by atoms with Crippen LogP contribution in [0.15, 0.2) is 35.9 Å². The second-order valence-electron chi connectivity index (χ2n) is 7.86. The van der Waals surface area contributed by atoms with Gasteiger partial charge in [-0.3, -0.25) is 0 Å². The van der Waals surface area contributed by atoms with Gasteiger partial charge < -0.3 is 9.84 Å². The quantitative estimate of drug-likeness (QED) is 0.384. The van der Waals surface area contributed by atoms with Crippen molar-refractivity contribution in [3.63, 3.8) is 0 Å². The van der Waals surface area contributed by atoms with Crippen LogP contribution in [0.25, 0.3) is 0 Å². The van der Waals surface area contributed by atoms with E-state index < -0.39 is 0 Å². The lowest BCUT2D eigenvalue weighted by atomic mass is 9.73. The largest absolute Gasteiger partial charge is 0.507 e. The zero-order chi connectivity index (χ0) is 19.1. The summed E-state index contributed by atoms with van der Waals surface area (Å²) in [6.07, 6.45) is 10.0. The van der Waals surface area contributed by atoms with Crippen LogP contribution in [0.3, 0.4) is 0 Å². The van der Waals surface area contributed by atoms with Gasteiger partial charge in [-0.05, 0) is 69.6 Å². The number of unbranched alkanes of at least 4 members (excludes halogenated alkanes) is 2. The number of hydrogen-bond donors (Lipinski definition) is 1. The highest BCUT2D eigenvalue weighted by atomic mass is 16.5. The highest BCUT2D eigenvalue weighted by Crippen LogP contribution is 2.47. The predicted molar refractivity (Wildman–Crippen MR) is 111 cm³/mol. The summed E-state index contributed by atoms with van der Waals surface area (Å²) in [6.45, 7) is 13.5. The summed E-state index contributed by atoms with van der Waals surface area (Å²) in [5.41, 5.74) is 4.70. The van der Waals surface area contributed by atoms with Gasteiger partial charge in [0.2, 0.25) is 0 Å². The van der Waals surface area contributed by atoms with Gasteiger partial charge in [0.15, 0.2) is 0 Å². The summed E-state index contributed by atoms with van der Waals surface area (Å²) >= 11 is 0. The molecule has 1 aromatic rings. The molecule has 2 heteroatoms. The summed E-state index contributed by atoms with van der Waals surface area (Å²) in [5.74, 6) is 1.75. The fourth-order valence-corrected chi connectivity index (χ4v) is 3.96. The van der Waals surface area contributed by atoms with E-state index in [9.17, 15) is 5.11 Å². The first-order chi connectivity index (χ1) is 12.5. The van der Waals surface area contributed by atoms with Crippen LogP contribution in [0.1, 0.15) is 83.3 Å². The molecule has 0 saturated carbocycles. The zero-order valence-electron chi connectivity index (χ0n) is 17.1. The van der Waals surface area contributed by atoms with Gasteiger partial charge in [-0.1, -0.05) is 50.5 Å². The van der Waals surface area contributed by atoms with Crippen molar-refractivity contribution in [3.05, 3.63) is 47.1 Å². The maximum Gasteiger partial charge on any atom is 0.127 e. The van der Waals surface area contributed by atoms with E-state index in [1.165, 1.54) is 29.6 Å². The van der Waals surface area contributed by atoms with Gasteiger partial charge in [0.25, 0.3) is 0 Å². The lowest BCUT2D eigenvalue weighted by Gasteiger charge is -2.32. The van der Waals surface area contributed by atoms with Crippen LogP contribution in [0, 0.1) is 5.92 Å². The first-order valence-corrected chi connectivity index (χ1v) is 10.3. The van der Waals surface area contributed by atoms with Crippen molar-refractivity contribution < 1.29 is 9.84 Å². The average Bonchev–Trinajstić information content (AvgIpc) is 2.59. The molecule has 0 aromatic heterocycles. The molecule has 0 radical (unpaired) electrons. The fourth-order valence-electron chi connectivity index (χ4n) is 3.96. The number of ether oxygens (including phenoxy) is 1. The molecule has 2 nitrogen and oxygen atoms in total. The summed E-state index contributed by atoms with van der Waals surface area (Å²) < 4.78 is 6.11. The second-order valence-corrected chi connectivity index (χ2v) is 7.86. The van der Waals surface area contributed by atoms with Crippen molar-refractivity contribution in [3.8, 4) is 11.5 Å². The van der Waals surface area contributed by atoms with Crippen LogP contribution < -0.4 is 4.74 Å². The molecule has 0 fully saturated rings. The van der Waals surface area contributed by atoms with Gasteiger partial charge in [0, 0.05) is 11.5 Å². The number of hydrogen-bond acceptors (Lipinski definition) is 2. The third-order valence-electron chi connectivity index (χ3n) is 5.42. The van der Waals surface area contributed by atoms with Crippen LogP contribution >= 0.6 is 0 Å². The number of phenols is 1. The fraction of sp³-hybridized carbons (Fsp3) is 0.583. The minimum Gasteiger partial charge on any atom is -0.507 e. The SMILES string of the molecule is C=C(C)[C@@H]1CCC(C)=C[C@H]1c1c(O)cc(CCCCC)cc1OCCC. The van der Waals surface area contributed by atoms with E-state index in [4.69, 9.17) is 4.74 Å². The number of aryl methyl sites for hydroxylation is 1. The minimum absolute atomic E-state index is 0.151. The van der Waals surface area contributed by atoms with Crippen molar-refractivity contribution in [2.75, 3.05) is 6.61 Å². The predicted octanol–water partition coefficient (Wildman–Crippen LogP) is 6.93. The van der Waals surface area contributed by atoms with Crippen LogP contribution in [-0.4, -0.2) is 11.7 Å². The molecule has 0 aliphatic heterocycles. The van der Waals surface area contributed by atoms with E-state index in [1.807, 2.05) is 6.07 Å². The van der Waals surface area contributed by atoms with E-state index >= 15 is 0 Å². The van der Waals surface area contributed by atoms with Crippen LogP contribution in [-0.2, 0) is 6.42 Å². The molecule has 1 aromatic carbocycles. The zero-order valence-corrected chi connectivity index (χ0v) is 17.1. The van der Waals surface area contributed by atoms with E-state index in [0.29, 0.717) is 18.3 Å². The smallest absolute Gasteiger partial charge is 0.127 e. The molecule has 2 rings (SSSR count). The molecule has 0 amide bonds. The molecule has 0 unspecified atom stereocenters. The first kappa shape index (κ1) is 20.6. The van der Waals surface area contributed by atoms with Crippen molar-refractivity contribution in [2.45, 2.75) is 78.6 Å². The topological polar surface area (TPSA) is 29.5 Å². The maximum atomic E-state index is 10.9. The molecule has 0 spiro atoms. The third kappa shape index (κ3) is 5.16. The van der Waals surface area contributed by atoms with E-state index in [2.05, 4.69) is 46.4 Å². The van der Waals surface area contributed by atoms with Crippen molar-refractivity contribution in [1.82, 2.24) is 0 Å². The molecule has 0 saturated heterocycles. The molecule has 0 bridgehead atoms. The molecule has 1 aliphatic carbocycles.